The van der Waals surface area contributed by atoms with Gasteiger partial charge in [0, 0.05) is 12.4 Å². The Bertz CT molecular complexity index is 87.1. The van der Waals surface area contributed by atoms with Crippen molar-refractivity contribution in [1.29, 1.82) is 0 Å². The van der Waals surface area contributed by atoms with Crippen molar-refractivity contribution in [3.05, 3.63) is 18.5 Å². The molecule has 2 nitrogen and oxygen atoms in total. The van der Waals surface area contributed by atoms with E-state index in [1.807, 2.05) is 6.07 Å². The van der Waals surface area contributed by atoms with E-state index < -0.39 is 0 Å². The number of hydrogen-bond acceptors (Lipinski definition) is 1. The van der Waals surface area contributed by atoms with Gasteiger partial charge in [-0.3, -0.25) is 5.10 Å². The van der Waals surface area contributed by atoms with E-state index in [0.29, 0.717) is 0 Å². The first-order chi connectivity index (χ1) is 4.41. The molecule has 1 heterocycles. The Morgan fingerprint density at radius 1 is 1.30 bits per heavy atom. The molecular weight excluding hydrogens is 148 g/mol. The smallest absolute Gasteiger partial charge is 0.0487 e. The molecule has 0 spiro atoms. The zero-order valence-corrected chi connectivity index (χ0v) is 7.32. The van der Waals surface area contributed by atoms with Crippen LogP contribution in [0.4, 0.5) is 0 Å². The van der Waals surface area contributed by atoms with Crippen molar-refractivity contribution in [3.8, 4) is 0 Å². The first-order valence-electron chi connectivity index (χ1n) is 3.35. The second kappa shape index (κ2) is 11.3. The van der Waals surface area contributed by atoms with Gasteiger partial charge >= 0.3 is 0 Å². The van der Waals surface area contributed by atoms with Crippen LogP contribution in [-0.2, 0) is 0 Å². The van der Waals surface area contributed by atoms with Crippen LogP contribution in [0.5, 0.6) is 0 Å². The molecule has 0 aromatic carbocycles. The van der Waals surface area contributed by atoms with E-state index in [2.05, 4.69) is 24.0 Å². The Hall–Kier alpha value is -0.500. The summed E-state index contributed by atoms with van der Waals surface area (Å²) in [5, 5.41) is 6.21. The lowest BCUT2D eigenvalue weighted by molar-refractivity contribution is 0.886. The van der Waals surface area contributed by atoms with Gasteiger partial charge in [-0.15, -0.1) is 12.4 Å². The molecule has 0 aliphatic rings. The number of nitrogens with one attached hydrogen (secondary N) is 1. The Labute approximate surface area is 68.4 Å². The van der Waals surface area contributed by atoms with E-state index >= 15 is 0 Å². The van der Waals surface area contributed by atoms with E-state index in [1.165, 1.54) is 12.8 Å². The molecule has 0 fully saturated rings. The van der Waals surface area contributed by atoms with E-state index in [0.717, 1.165) is 0 Å². The number of hydrogen-bond donors (Lipinski definition) is 1. The number of rotatable bonds is 1. The summed E-state index contributed by atoms with van der Waals surface area (Å²) in [4.78, 5) is 0. The lowest BCUT2D eigenvalue weighted by atomic mass is 10.4. The molecule has 0 radical (unpaired) electrons. The van der Waals surface area contributed by atoms with E-state index in [9.17, 15) is 0 Å². The van der Waals surface area contributed by atoms with Crippen LogP contribution < -0.4 is 0 Å². The van der Waals surface area contributed by atoms with Gasteiger partial charge in [0.1, 0.15) is 0 Å². The number of H-pyrrole nitrogens is 1. The lowest BCUT2D eigenvalue weighted by Gasteiger charge is -1.68. The third-order valence-corrected chi connectivity index (χ3v) is 0.906. The Morgan fingerprint density at radius 3 is 2.00 bits per heavy atom. The van der Waals surface area contributed by atoms with Crippen LogP contribution >= 0.6 is 12.4 Å². The van der Waals surface area contributed by atoms with Gasteiger partial charge in [0.15, 0.2) is 0 Å². The molecule has 60 valence electrons. The van der Waals surface area contributed by atoms with Crippen molar-refractivity contribution >= 4 is 12.4 Å². The number of aromatic nitrogens is 2. The summed E-state index contributed by atoms with van der Waals surface area (Å²) in [5.74, 6) is 0. The van der Waals surface area contributed by atoms with Gasteiger partial charge in [-0.2, -0.15) is 5.10 Å². The molecule has 0 atom stereocenters. The molecular formula is C7H15ClN2. The van der Waals surface area contributed by atoms with Gasteiger partial charge in [0.05, 0.1) is 0 Å². The van der Waals surface area contributed by atoms with Crippen molar-refractivity contribution in [2.45, 2.75) is 26.7 Å². The van der Waals surface area contributed by atoms with E-state index in [-0.39, 0.29) is 12.4 Å². The largest absolute Gasteiger partial charge is 0.286 e. The molecule has 1 aromatic rings. The maximum absolute atomic E-state index is 3.60. The maximum Gasteiger partial charge on any atom is 0.0487 e. The average Bonchev–Trinajstić information content (AvgIpc) is 2.43. The molecule has 1 N–H and O–H groups in total. The van der Waals surface area contributed by atoms with Crippen molar-refractivity contribution in [2.24, 2.45) is 0 Å². The first-order valence-corrected chi connectivity index (χ1v) is 3.35. The minimum Gasteiger partial charge on any atom is -0.286 e. The Kier molecular flexibility index (Phi) is 13.8. The molecule has 0 aliphatic carbocycles. The standard InChI is InChI=1S/C4H10.C3H4N2.ClH/c1-3-4-2;1-2-4-5-3-1;/h3-4H2,1-2H3;1-3H,(H,4,5);1H. The fourth-order valence-corrected chi connectivity index (χ4v) is 0.215. The minimum absolute atomic E-state index is 0. The average molecular weight is 163 g/mol. The zero-order chi connectivity index (χ0) is 6.95. The number of halogens is 1. The van der Waals surface area contributed by atoms with Crippen molar-refractivity contribution in [1.82, 2.24) is 10.2 Å². The molecule has 0 bridgehead atoms. The molecule has 0 amide bonds. The molecule has 3 heteroatoms. The SMILES string of the molecule is CCCC.Cl.c1cn[nH]c1. The maximum atomic E-state index is 3.60. The summed E-state index contributed by atoms with van der Waals surface area (Å²) >= 11 is 0. The highest BCUT2D eigenvalue weighted by Gasteiger charge is 1.57. The second-order valence-electron chi connectivity index (χ2n) is 1.77. The van der Waals surface area contributed by atoms with Crippen molar-refractivity contribution in [2.75, 3.05) is 0 Å². The fourth-order valence-electron chi connectivity index (χ4n) is 0.215. The number of unbranched alkanes of at least 4 members (excludes halogenated alkanes) is 1. The Balaban J connectivity index is 0. The van der Waals surface area contributed by atoms with Crippen LogP contribution in [0.3, 0.4) is 0 Å². The summed E-state index contributed by atoms with van der Waals surface area (Å²) in [7, 11) is 0. The predicted octanol–water partition coefficient (Wildman–Crippen LogP) is 2.64. The lowest BCUT2D eigenvalue weighted by Crippen LogP contribution is -1.53. The molecule has 0 saturated heterocycles. The van der Waals surface area contributed by atoms with Crippen molar-refractivity contribution < 1.29 is 0 Å². The third-order valence-electron chi connectivity index (χ3n) is 0.906. The summed E-state index contributed by atoms with van der Waals surface area (Å²) in [6.07, 6.45) is 6.10. The zero-order valence-electron chi connectivity index (χ0n) is 6.50. The highest BCUT2D eigenvalue weighted by Crippen LogP contribution is 1.76. The molecule has 0 aliphatic heterocycles. The molecule has 0 saturated carbocycles. The van der Waals surface area contributed by atoms with Gasteiger partial charge in [-0.25, -0.2) is 0 Å². The van der Waals surface area contributed by atoms with Crippen LogP contribution in [0.15, 0.2) is 18.5 Å². The van der Waals surface area contributed by atoms with Crippen LogP contribution in [-0.4, -0.2) is 10.2 Å². The highest BCUT2D eigenvalue weighted by atomic mass is 35.5. The van der Waals surface area contributed by atoms with E-state index in [1.54, 1.807) is 12.4 Å². The highest BCUT2D eigenvalue weighted by molar-refractivity contribution is 5.85. The first kappa shape index (κ1) is 12.2. The summed E-state index contributed by atoms with van der Waals surface area (Å²) in [6.45, 7) is 4.36. The topological polar surface area (TPSA) is 28.7 Å². The quantitative estimate of drug-likeness (QED) is 0.676. The summed E-state index contributed by atoms with van der Waals surface area (Å²) < 4.78 is 0. The van der Waals surface area contributed by atoms with Crippen LogP contribution in [0, 0.1) is 0 Å². The van der Waals surface area contributed by atoms with E-state index in [4.69, 9.17) is 0 Å². The van der Waals surface area contributed by atoms with Gasteiger partial charge in [0.25, 0.3) is 0 Å². The second-order valence-corrected chi connectivity index (χ2v) is 1.77. The molecule has 10 heavy (non-hydrogen) atoms. The number of nitrogens with zero attached hydrogens (tertiary/aromatic N) is 1. The summed E-state index contributed by atoms with van der Waals surface area (Å²) in [6, 6.07) is 1.83. The monoisotopic (exact) mass is 162 g/mol. The molecule has 0 unspecified atom stereocenters. The Morgan fingerprint density at radius 2 is 1.90 bits per heavy atom. The van der Waals surface area contributed by atoms with Gasteiger partial charge < -0.3 is 0 Å². The number of aromatic amines is 1. The third kappa shape index (κ3) is 10.5. The van der Waals surface area contributed by atoms with Gasteiger partial charge in [0.2, 0.25) is 0 Å². The predicted molar refractivity (Wildman–Crippen MR) is 46.4 cm³/mol. The van der Waals surface area contributed by atoms with Crippen LogP contribution in [0.1, 0.15) is 26.7 Å². The van der Waals surface area contributed by atoms with Crippen molar-refractivity contribution in [3.63, 3.8) is 0 Å². The van der Waals surface area contributed by atoms with Gasteiger partial charge in [-0.05, 0) is 6.07 Å². The summed E-state index contributed by atoms with van der Waals surface area (Å²) in [5.41, 5.74) is 0. The minimum atomic E-state index is 0. The van der Waals surface area contributed by atoms with Crippen LogP contribution in [0.25, 0.3) is 0 Å². The normalized spacial score (nSPS) is 7.00. The molecule has 1 rings (SSSR count). The molecule has 1 aromatic heterocycles. The van der Waals surface area contributed by atoms with Crippen LogP contribution in [0.2, 0.25) is 0 Å². The fraction of sp³-hybridized carbons (Fsp3) is 0.571. The van der Waals surface area contributed by atoms with Gasteiger partial charge in [-0.1, -0.05) is 26.7 Å².